The Labute approximate surface area is 122 Å². The van der Waals surface area contributed by atoms with Crippen LogP contribution in [0.3, 0.4) is 0 Å². The van der Waals surface area contributed by atoms with Crippen LogP contribution in [-0.2, 0) is 9.53 Å². The van der Waals surface area contributed by atoms with E-state index in [1.807, 2.05) is 0 Å². The normalized spacial score (nSPS) is 28.6. The monoisotopic (exact) mass is 283 g/mol. The fourth-order valence-electron chi connectivity index (χ4n) is 3.03. The highest BCUT2D eigenvalue weighted by Gasteiger charge is 2.39. The molecule has 0 saturated carbocycles. The van der Waals surface area contributed by atoms with E-state index in [1.165, 1.54) is 0 Å². The van der Waals surface area contributed by atoms with Crippen molar-refractivity contribution in [3.8, 4) is 0 Å². The Morgan fingerprint density at radius 1 is 1.30 bits per heavy atom. The summed E-state index contributed by atoms with van der Waals surface area (Å²) in [5.74, 6) is 0.641. The largest absolute Gasteiger partial charge is 0.379 e. The lowest BCUT2D eigenvalue weighted by Crippen LogP contribution is -2.45. The molecule has 0 spiro atoms. The topological polar surface area (TPSA) is 44.8 Å². The highest BCUT2D eigenvalue weighted by Crippen LogP contribution is 2.19. The van der Waals surface area contributed by atoms with Crippen LogP contribution in [0.15, 0.2) is 0 Å². The van der Waals surface area contributed by atoms with Crippen LogP contribution in [0.1, 0.15) is 33.6 Å². The van der Waals surface area contributed by atoms with E-state index in [2.05, 4.69) is 35.9 Å². The summed E-state index contributed by atoms with van der Waals surface area (Å²) in [6, 6.07) is -0.00348. The smallest absolute Gasteiger partial charge is 0.241 e. The summed E-state index contributed by atoms with van der Waals surface area (Å²) in [5, 5.41) is 3.51. The van der Waals surface area contributed by atoms with Gasteiger partial charge in [0.2, 0.25) is 5.91 Å². The second-order valence-electron chi connectivity index (χ2n) is 6.18. The van der Waals surface area contributed by atoms with Crippen LogP contribution < -0.4 is 5.32 Å². The van der Waals surface area contributed by atoms with Gasteiger partial charge in [-0.05, 0) is 12.3 Å². The second kappa shape index (κ2) is 7.38. The summed E-state index contributed by atoms with van der Waals surface area (Å²) in [6.07, 6.45) is 2.36. The predicted octanol–water partition coefficient (Wildman–Crippen LogP) is 0.901. The van der Waals surface area contributed by atoms with Gasteiger partial charge in [-0.15, -0.1) is 0 Å². The van der Waals surface area contributed by atoms with Crippen molar-refractivity contribution in [1.29, 1.82) is 0 Å². The van der Waals surface area contributed by atoms with Crippen LogP contribution in [0.5, 0.6) is 0 Å². The summed E-state index contributed by atoms with van der Waals surface area (Å²) < 4.78 is 5.37. The Morgan fingerprint density at radius 2 is 2.00 bits per heavy atom. The summed E-state index contributed by atoms with van der Waals surface area (Å²) in [7, 11) is 0. The van der Waals surface area contributed by atoms with Crippen molar-refractivity contribution in [3.05, 3.63) is 0 Å². The maximum atomic E-state index is 12.5. The van der Waals surface area contributed by atoms with Crippen LogP contribution in [0, 0.1) is 5.92 Å². The van der Waals surface area contributed by atoms with Crippen molar-refractivity contribution in [2.24, 2.45) is 5.92 Å². The molecule has 2 saturated heterocycles. The Balaban J connectivity index is 1.90. The van der Waals surface area contributed by atoms with Crippen LogP contribution in [0.2, 0.25) is 0 Å². The fraction of sp³-hybridized carbons (Fsp3) is 0.933. The van der Waals surface area contributed by atoms with Crippen molar-refractivity contribution in [3.63, 3.8) is 0 Å². The van der Waals surface area contributed by atoms with Gasteiger partial charge in [-0.25, -0.2) is 0 Å². The molecule has 5 heteroatoms. The van der Waals surface area contributed by atoms with Gasteiger partial charge in [0.05, 0.1) is 25.4 Å². The number of ether oxygens (including phenoxy) is 1. The number of morpholine rings is 1. The molecule has 1 amide bonds. The molecule has 2 aliphatic rings. The molecule has 5 nitrogen and oxygen atoms in total. The molecule has 2 aliphatic heterocycles. The van der Waals surface area contributed by atoms with Gasteiger partial charge >= 0.3 is 0 Å². The highest BCUT2D eigenvalue weighted by molar-refractivity contribution is 5.84. The van der Waals surface area contributed by atoms with E-state index < -0.39 is 0 Å². The zero-order valence-electron chi connectivity index (χ0n) is 13.1. The first-order chi connectivity index (χ1) is 9.63. The second-order valence-corrected chi connectivity index (χ2v) is 6.18. The molecule has 0 aromatic carbocycles. The standard InChI is InChI=1S/C15H29N3O2/c1-4-5-13-16-14(12(2)3)15(19)18(13)7-6-17-8-10-20-11-9-17/h12-14,16H,4-11H2,1-3H3. The third kappa shape index (κ3) is 3.71. The number of amides is 1. The van der Waals surface area contributed by atoms with Crippen molar-refractivity contribution < 1.29 is 9.53 Å². The van der Waals surface area contributed by atoms with Crippen molar-refractivity contribution in [1.82, 2.24) is 15.1 Å². The number of nitrogens with zero attached hydrogens (tertiary/aromatic N) is 2. The Kier molecular flexibility index (Phi) is 5.81. The summed E-state index contributed by atoms with van der Waals surface area (Å²) >= 11 is 0. The minimum Gasteiger partial charge on any atom is -0.379 e. The van der Waals surface area contributed by atoms with Crippen LogP contribution in [-0.4, -0.2) is 67.3 Å². The Hall–Kier alpha value is -0.650. The number of hydrogen-bond donors (Lipinski definition) is 1. The Morgan fingerprint density at radius 3 is 2.60 bits per heavy atom. The van der Waals surface area contributed by atoms with E-state index in [0.29, 0.717) is 5.92 Å². The molecule has 0 bridgehead atoms. The van der Waals surface area contributed by atoms with E-state index >= 15 is 0 Å². The molecule has 2 atom stereocenters. The number of carbonyl (C=O) groups excluding carboxylic acids is 1. The molecule has 1 N–H and O–H groups in total. The first-order valence-corrected chi connectivity index (χ1v) is 8.00. The summed E-state index contributed by atoms with van der Waals surface area (Å²) in [4.78, 5) is 17.0. The van der Waals surface area contributed by atoms with Crippen molar-refractivity contribution in [2.75, 3.05) is 39.4 Å². The average Bonchev–Trinajstić information content (AvgIpc) is 2.75. The highest BCUT2D eigenvalue weighted by atomic mass is 16.5. The molecular weight excluding hydrogens is 254 g/mol. The molecule has 20 heavy (non-hydrogen) atoms. The molecule has 2 fully saturated rings. The van der Waals surface area contributed by atoms with Gasteiger partial charge in [0, 0.05) is 26.2 Å². The first kappa shape index (κ1) is 15.7. The zero-order valence-corrected chi connectivity index (χ0v) is 13.1. The van der Waals surface area contributed by atoms with Gasteiger partial charge in [0.25, 0.3) is 0 Å². The van der Waals surface area contributed by atoms with Crippen LogP contribution in [0.25, 0.3) is 0 Å². The van der Waals surface area contributed by atoms with Gasteiger partial charge < -0.3 is 9.64 Å². The van der Waals surface area contributed by atoms with Crippen molar-refractivity contribution in [2.45, 2.75) is 45.8 Å². The molecule has 2 unspecified atom stereocenters. The lowest BCUT2D eigenvalue weighted by molar-refractivity contribution is -0.131. The minimum atomic E-state index is -0.00348. The SMILES string of the molecule is CCCC1NC(C(C)C)C(=O)N1CCN1CCOCC1. The maximum absolute atomic E-state index is 12.5. The quantitative estimate of drug-likeness (QED) is 0.787. The van der Waals surface area contributed by atoms with E-state index in [0.717, 1.165) is 52.2 Å². The van der Waals surface area contributed by atoms with Gasteiger partial charge in [-0.3, -0.25) is 15.0 Å². The van der Waals surface area contributed by atoms with E-state index in [1.54, 1.807) is 0 Å². The Bertz CT molecular complexity index is 316. The lowest BCUT2D eigenvalue weighted by Gasteiger charge is -2.30. The molecule has 2 rings (SSSR count). The number of nitrogens with one attached hydrogen (secondary N) is 1. The van der Waals surface area contributed by atoms with Gasteiger partial charge in [-0.1, -0.05) is 27.2 Å². The number of carbonyl (C=O) groups is 1. The summed E-state index contributed by atoms with van der Waals surface area (Å²) in [6.45, 7) is 11.8. The van der Waals surface area contributed by atoms with E-state index in [9.17, 15) is 4.79 Å². The lowest BCUT2D eigenvalue weighted by atomic mass is 10.1. The van der Waals surface area contributed by atoms with Crippen LogP contribution >= 0.6 is 0 Å². The van der Waals surface area contributed by atoms with Gasteiger partial charge in [-0.2, -0.15) is 0 Å². The third-order valence-electron chi connectivity index (χ3n) is 4.29. The molecule has 0 aromatic heterocycles. The van der Waals surface area contributed by atoms with Crippen molar-refractivity contribution >= 4 is 5.91 Å². The van der Waals surface area contributed by atoms with Gasteiger partial charge in [0.1, 0.15) is 0 Å². The molecule has 0 radical (unpaired) electrons. The number of rotatable bonds is 6. The number of hydrogen-bond acceptors (Lipinski definition) is 4. The molecule has 116 valence electrons. The molecular formula is C15H29N3O2. The summed E-state index contributed by atoms with van der Waals surface area (Å²) in [5.41, 5.74) is 0. The minimum absolute atomic E-state index is 0.00348. The van der Waals surface area contributed by atoms with E-state index in [-0.39, 0.29) is 18.1 Å². The van der Waals surface area contributed by atoms with Crippen LogP contribution in [0.4, 0.5) is 0 Å². The zero-order chi connectivity index (χ0) is 14.5. The average molecular weight is 283 g/mol. The fourth-order valence-corrected chi connectivity index (χ4v) is 3.03. The molecule has 0 aliphatic carbocycles. The third-order valence-corrected chi connectivity index (χ3v) is 4.29. The first-order valence-electron chi connectivity index (χ1n) is 8.00. The maximum Gasteiger partial charge on any atom is 0.241 e. The van der Waals surface area contributed by atoms with E-state index in [4.69, 9.17) is 4.74 Å². The van der Waals surface area contributed by atoms with Gasteiger partial charge in [0.15, 0.2) is 0 Å². The predicted molar refractivity (Wildman–Crippen MR) is 79.4 cm³/mol. The molecule has 0 aromatic rings. The molecule has 2 heterocycles.